The molecule has 1 saturated carbocycles. The zero-order chi connectivity index (χ0) is 14.7. The molecule has 1 aliphatic rings. The molecule has 0 aromatic heterocycles. The lowest BCUT2D eigenvalue weighted by atomic mass is 9.90. The Morgan fingerprint density at radius 1 is 1.30 bits per heavy atom. The third-order valence-electron chi connectivity index (χ3n) is 4.01. The first-order valence-corrected chi connectivity index (χ1v) is 6.94. The number of nitrogens with zero attached hydrogens (tertiary/aromatic N) is 1. The van der Waals surface area contributed by atoms with Crippen LogP contribution >= 0.6 is 0 Å². The number of hydrogen-bond acceptors (Lipinski definition) is 2. The highest BCUT2D eigenvalue weighted by molar-refractivity contribution is 5.78. The Morgan fingerprint density at radius 2 is 2.00 bits per heavy atom. The van der Waals surface area contributed by atoms with Crippen LogP contribution in [0, 0.1) is 11.6 Å². The second-order valence-electron chi connectivity index (χ2n) is 5.45. The molecule has 2 N–H and O–H groups in total. The lowest BCUT2D eigenvalue weighted by Crippen LogP contribution is -2.50. The molecule has 3 nitrogen and oxygen atoms in total. The summed E-state index contributed by atoms with van der Waals surface area (Å²) >= 11 is 0. The minimum absolute atomic E-state index is 0.00246. The summed E-state index contributed by atoms with van der Waals surface area (Å²) in [7, 11) is 1.73. The molecule has 2 atom stereocenters. The lowest BCUT2D eigenvalue weighted by molar-refractivity contribution is -0.132. The normalized spacial score (nSPS) is 22.6. The molecule has 20 heavy (non-hydrogen) atoms. The second kappa shape index (κ2) is 6.31. The van der Waals surface area contributed by atoms with Gasteiger partial charge in [-0.2, -0.15) is 0 Å². The van der Waals surface area contributed by atoms with Gasteiger partial charge in [0.1, 0.15) is 0 Å². The van der Waals surface area contributed by atoms with Crippen molar-refractivity contribution in [2.75, 3.05) is 7.05 Å². The van der Waals surface area contributed by atoms with Crippen LogP contribution in [0.25, 0.3) is 0 Å². The van der Waals surface area contributed by atoms with Gasteiger partial charge in [0.25, 0.3) is 0 Å². The number of halogens is 2. The summed E-state index contributed by atoms with van der Waals surface area (Å²) in [5.41, 5.74) is 6.53. The van der Waals surface area contributed by atoms with E-state index < -0.39 is 11.6 Å². The summed E-state index contributed by atoms with van der Waals surface area (Å²) in [6.07, 6.45) is 4.07. The Labute approximate surface area is 117 Å². The van der Waals surface area contributed by atoms with E-state index in [-0.39, 0.29) is 24.4 Å². The van der Waals surface area contributed by atoms with Crippen molar-refractivity contribution in [2.45, 2.75) is 44.2 Å². The number of likely N-dealkylation sites (N-methyl/N-ethyl adjacent to an activating group) is 1. The summed E-state index contributed by atoms with van der Waals surface area (Å²) < 4.78 is 26.0. The standard InChI is InChI=1S/C15H20F2N2O/c1-19(14-5-3-2-4-13(14)18)15(20)9-10-6-7-11(16)12(17)8-10/h6-8,13-14H,2-5,9,18H2,1H3. The fraction of sp³-hybridized carbons (Fsp3) is 0.533. The van der Waals surface area contributed by atoms with Crippen LogP contribution in [0.3, 0.4) is 0 Å². The van der Waals surface area contributed by atoms with Gasteiger partial charge < -0.3 is 10.6 Å². The van der Waals surface area contributed by atoms with Gasteiger partial charge in [-0.1, -0.05) is 18.9 Å². The van der Waals surface area contributed by atoms with Gasteiger partial charge in [0.2, 0.25) is 5.91 Å². The summed E-state index contributed by atoms with van der Waals surface area (Å²) in [6.45, 7) is 0. The Hall–Kier alpha value is -1.49. The van der Waals surface area contributed by atoms with Crippen LogP contribution in [0.2, 0.25) is 0 Å². The molecule has 0 bridgehead atoms. The molecule has 0 spiro atoms. The highest BCUT2D eigenvalue weighted by atomic mass is 19.2. The van der Waals surface area contributed by atoms with Gasteiger partial charge in [0, 0.05) is 19.1 Å². The molecule has 0 heterocycles. The van der Waals surface area contributed by atoms with Gasteiger partial charge in [-0.3, -0.25) is 4.79 Å². The van der Waals surface area contributed by atoms with Crippen LogP contribution in [0.1, 0.15) is 31.2 Å². The number of amides is 1. The largest absolute Gasteiger partial charge is 0.341 e. The minimum atomic E-state index is -0.924. The zero-order valence-corrected chi connectivity index (χ0v) is 11.6. The third kappa shape index (κ3) is 3.33. The smallest absolute Gasteiger partial charge is 0.227 e. The summed E-state index contributed by atoms with van der Waals surface area (Å²) in [5.74, 6) is -1.94. The fourth-order valence-electron chi connectivity index (χ4n) is 2.75. The van der Waals surface area contributed by atoms with Gasteiger partial charge in [0.15, 0.2) is 11.6 Å². The van der Waals surface area contributed by atoms with E-state index in [1.54, 1.807) is 11.9 Å². The maximum atomic E-state index is 13.1. The van der Waals surface area contributed by atoms with Crippen LogP contribution in [0.5, 0.6) is 0 Å². The minimum Gasteiger partial charge on any atom is -0.341 e. The topological polar surface area (TPSA) is 46.3 Å². The molecular weight excluding hydrogens is 262 g/mol. The number of hydrogen-bond donors (Lipinski definition) is 1. The van der Waals surface area contributed by atoms with Crippen LogP contribution in [0.15, 0.2) is 18.2 Å². The van der Waals surface area contributed by atoms with E-state index in [1.807, 2.05) is 0 Å². The lowest BCUT2D eigenvalue weighted by Gasteiger charge is -2.36. The molecule has 1 amide bonds. The average Bonchev–Trinajstić information content (AvgIpc) is 2.42. The number of rotatable bonds is 3. The van der Waals surface area contributed by atoms with E-state index in [4.69, 9.17) is 5.73 Å². The zero-order valence-electron chi connectivity index (χ0n) is 11.6. The molecule has 2 unspecified atom stereocenters. The van der Waals surface area contributed by atoms with E-state index in [0.29, 0.717) is 5.56 Å². The first kappa shape index (κ1) is 14.9. The van der Waals surface area contributed by atoms with Crippen molar-refractivity contribution < 1.29 is 13.6 Å². The quantitative estimate of drug-likeness (QED) is 0.924. The average molecular weight is 282 g/mol. The van der Waals surface area contributed by atoms with Crippen LogP contribution in [-0.4, -0.2) is 29.9 Å². The Morgan fingerprint density at radius 3 is 2.65 bits per heavy atom. The molecule has 1 aromatic carbocycles. The maximum Gasteiger partial charge on any atom is 0.227 e. The summed E-state index contributed by atoms with van der Waals surface area (Å²) in [4.78, 5) is 13.9. The Bertz CT molecular complexity index is 493. The molecule has 1 fully saturated rings. The van der Waals surface area contributed by atoms with Gasteiger partial charge in [-0.15, -0.1) is 0 Å². The SMILES string of the molecule is CN(C(=O)Cc1ccc(F)c(F)c1)C1CCCCC1N. The van der Waals surface area contributed by atoms with E-state index in [0.717, 1.165) is 37.8 Å². The monoisotopic (exact) mass is 282 g/mol. The van der Waals surface area contributed by atoms with Crippen molar-refractivity contribution in [3.63, 3.8) is 0 Å². The molecule has 5 heteroatoms. The summed E-state index contributed by atoms with van der Waals surface area (Å²) in [6, 6.07) is 3.60. The maximum absolute atomic E-state index is 13.1. The van der Waals surface area contributed by atoms with Crippen molar-refractivity contribution in [1.29, 1.82) is 0 Å². The predicted molar refractivity (Wildman–Crippen MR) is 73.1 cm³/mol. The fourth-order valence-corrected chi connectivity index (χ4v) is 2.75. The van der Waals surface area contributed by atoms with Crippen molar-refractivity contribution in [3.05, 3.63) is 35.4 Å². The highest BCUT2D eigenvalue weighted by Crippen LogP contribution is 2.21. The molecule has 0 saturated heterocycles. The van der Waals surface area contributed by atoms with Crippen molar-refractivity contribution in [3.8, 4) is 0 Å². The van der Waals surface area contributed by atoms with Crippen molar-refractivity contribution in [1.82, 2.24) is 4.90 Å². The highest BCUT2D eigenvalue weighted by Gasteiger charge is 2.28. The number of nitrogens with two attached hydrogens (primary N) is 1. The van der Waals surface area contributed by atoms with Crippen LogP contribution in [-0.2, 0) is 11.2 Å². The van der Waals surface area contributed by atoms with Crippen LogP contribution in [0.4, 0.5) is 8.78 Å². The Balaban J connectivity index is 2.01. The van der Waals surface area contributed by atoms with Crippen LogP contribution < -0.4 is 5.73 Å². The number of benzene rings is 1. The molecule has 0 radical (unpaired) electrons. The molecule has 1 aliphatic carbocycles. The van der Waals surface area contributed by atoms with Crippen molar-refractivity contribution >= 4 is 5.91 Å². The number of carbonyl (C=O) groups is 1. The number of carbonyl (C=O) groups excluding carboxylic acids is 1. The summed E-state index contributed by atoms with van der Waals surface area (Å²) in [5, 5.41) is 0. The van der Waals surface area contributed by atoms with Crippen molar-refractivity contribution in [2.24, 2.45) is 5.73 Å². The van der Waals surface area contributed by atoms with Gasteiger partial charge in [-0.05, 0) is 30.5 Å². The first-order valence-electron chi connectivity index (χ1n) is 6.94. The first-order chi connectivity index (χ1) is 9.49. The van der Waals surface area contributed by atoms with Gasteiger partial charge >= 0.3 is 0 Å². The molecule has 110 valence electrons. The molecule has 1 aromatic rings. The van der Waals surface area contributed by atoms with E-state index in [9.17, 15) is 13.6 Å². The molecule has 2 rings (SSSR count). The molecular formula is C15H20F2N2O. The predicted octanol–water partition coefficient (Wildman–Crippen LogP) is 2.24. The second-order valence-corrected chi connectivity index (χ2v) is 5.45. The Kier molecular flexibility index (Phi) is 4.70. The van der Waals surface area contributed by atoms with E-state index in [1.165, 1.54) is 6.07 Å². The van der Waals surface area contributed by atoms with Gasteiger partial charge in [-0.25, -0.2) is 8.78 Å². The van der Waals surface area contributed by atoms with E-state index >= 15 is 0 Å². The third-order valence-corrected chi connectivity index (χ3v) is 4.01. The van der Waals surface area contributed by atoms with Gasteiger partial charge in [0.05, 0.1) is 6.42 Å². The van der Waals surface area contributed by atoms with E-state index in [2.05, 4.69) is 0 Å². The molecule has 0 aliphatic heterocycles.